The van der Waals surface area contributed by atoms with E-state index in [0.29, 0.717) is 20.2 Å². The molecule has 2 aromatic carbocycles. The maximum absolute atomic E-state index is 12.9. The van der Waals surface area contributed by atoms with Crippen LogP contribution in [-0.4, -0.2) is 16.1 Å². The Kier molecular flexibility index (Phi) is 5.57. The summed E-state index contributed by atoms with van der Waals surface area (Å²) in [5.41, 5.74) is 8.12. The van der Waals surface area contributed by atoms with Crippen molar-refractivity contribution in [1.82, 2.24) is 10.2 Å². The van der Waals surface area contributed by atoms with Crippen molar-refractivity contribution in [3.05, 3.63) is 64.7 Å². The van der Waals surface area contributed by atoms with E-state index in [1.54, 1.807) is 6.07 Å². The number of nitrogens with one attached hydrogen (secondary N) is 1. The molecule has 0 fully saturated rings. The minimum absolute atomic E-state index is 0.162. The van der Waals surface area contributed by atoms with Gasteiger partial charge in [-0.3, -0.25) is 4.79 Å². The highest BCUT2D eigenvalue weighted by Crippen LogP contribution is 2.38. The molecule has 0 spiro atoms. The molecule has 0 saturated heterocycles. The van der Waals surface area contributed by atoms with Crippen LogP contribution in [0.15, 0.2) is 52.9 Å². The summed E-state index contributed by atoms with van der Waals surface area (Å²) in [4.78, 5) is 12.9. The fourth-order valence-corrected chi connectivity index (χ4v) is 4.16. The lowest BCUT2D eigenvalue weighted by atomic mass is 10.1. The molecule has 3 N–H and O–H groups in total. The summed E-state index contributed by atoms with van der Waals surface area (Å²) in [5.74, 6) is -0.162. The van der Waals surface area contributed by atoms with Gasteiger partial charge in [-0.1, -0.05) is 71.1 Å². The number of nitrogens with two attached hydrogens (primary N) is 1. The zero-order chi connectivity index (χ0) is 17.8. The minimum Gasteiger partial charge on any atom is -0.374 e. The van der Waals surface area contributed by atoms with E-state index in [1.165, 1.54) is 23.1 Å². The maximum Gasteiger partial charge on any atom is 0.242 e. The maximum atomic E-state index is 12.9. The molecule has 0 radical (unpaired) electrons. The van der Waals surface area contributed by atoms with Crippen LogP contribution in [0, 0.1) is 6.92 Å². The number of carbonyl (C=O) groups is 1. The Morgan fingerprint density at radius 3 is 2.64 bits per heavy atom. The third kappa shape index (κ3) is 4.50. The van der Waals surface area contributed by atoms with Crippen LogP contribution in [0.3, 0.4) is 0 Å². The normalized spacial score (nSPS) is 11.9. The van der Waals surface area contributed by atoms with E-state index in [0.717, 1.165) is 11.1 Å². The number of thioether (sulfide) groups is 1. The van der Waals surface area contributed by atoms with Gasteiger partial charge in [0.05, 0.1) is 0 Å². The molecule has 1 atom stereocenters. The number of halogens is 1. The van der Waals surface area contributed by atoms with E-state index in [-0.39, 0.29) is 5.91 Å². The van der Waals surface area contributed by atoms with Crippen molar-refractivity contribution in [2.24, 2.45) is 0 Å². The summed E-state index contributed by atoms with van der Waals surface area (Å²) in [7, 11) is 0. The fraction of sp³-hybridized carbons (Fsp3) is 0.118. The predicted molar refractivity (Wildman–Crippen MR) is 104 cm³/mol. The Hall–Kier alpha value is -2.09. The first-order valence-electron chi connectivity index (χ1n) is 7.40. The number of aromatic nitrogens is 2. The summed E-state index contributed by atoms with van der Waals surface area (Å²) in [6, 6.07) is 15.0. The Bertz CT molecular complexity index is 885. The SMILES string of the molecule is Cc1ccc(NC(=O)C(Sc2nnc(N)s2)c2ccccc2)cc1Cl. The van der Waals surface area contributed by atoms with Crippen LogP contribution in [0.25, 0.3) is 0 Å². The van der Waals surface area contributed by atoms with Crippen LogP contribution in [0.5, 0.6) is 0 Å². The van der Waals surface area contributed by atoms with Gasteiger partial charge in [0.15, 0.2) is 4.34 Å². The molecule has 1 unspecified atom stereocenters. The second-order valence-electron chi connectivity index (χ2n) is 5.27. The lowest BCUT2D eigenvalue weighted by Gasteiger charge is -2.16. The molecule has 0 aliphatic heterocycles. The number of nitrogens with zero attached hydrogens (tertiary/aromatic N) is 2. The lowest BCUT2D eigenvalue weighted by Crippen LogP contribution is -2.19. The zero-order valence-corrected chi connectivity index (χ0v) is 15.7. The van der Waals surface area contributed by atoms with Crippen molar-refractivity contribution in [3.63, 3.8) is 0 Å². The van der Waals surface area contributed by atoms with E-state index < -0.39 is 5.25 Å². The first-order valence-corrected chi connectivity index (χ1v) is 9.48. The Morgan fingerprint density at radius 2 is 2.00 bits per heavy atom. The Morgan fingerprint density at radius 1 is 1.24 bits per heavy atom. The van der Waals surface area contributed by atoms with E-state index in [1.807, 2.05) is 49.4 Å². The molecule has 3 aromatic rings. The number of aryl methyl sites for hydroxylation is 1. The van der Waals surface area contributed by atoms with Gasteiger partial charge in [0.1, 0.15) is 5.25 Å². The molecule has 25 heavy (non-hydrogen) atoms. The van der Waals surface area contributed by atoms with Gasteiger partial charge in [-0.2, -0.15) is 0 Å². The monoisotopic (exact) mass is 390 g/mol. The average Bonchev–Trinajstić information content (AvgIpc) is 3.02. The zero-order valence-electron chi connectivity index (χ0n) is 13.3. The average molecular weight is 391 g/mol. The highest BCUT2D eigenvalue weighted by Gasteiger charge is 2.24. The van der Waals surface area contributed by atoms with E-state index in [2.05, 4.69) is 15.5 Å². The van der Waals surface area contributed by atoms with Gasteiger partial charge in [0, 0.05) is 10.7 Å². The number of hydrogen-bond donors (Lipinski definition) is 2. The molecule has 1 amide bonds. The van der Waals surface area contributed by atoms with Gasteiger partial charge in [-0.05, 0) is 30.2 Å². The van der Waals surface area contributed by atoms with Crippen LogP contribution in [0.4, 0.5) is 10.8 Å². The molecule has 3 rings (SSSR count). The van der Waals surface area contributed by atoms with Crippen LogP contribution in [-0.2, 0) is 4.79 Å². The number of anilines is 2. The Balaban J connectivity index is 1.85. The Labute approximate surface area is 158 Å². The van der Waals surface area contributed by atoms with E-state index in [4.69, 9.17) is 17.3 Å². The molecule has 0 saturated carbocycles. The molecular weight excluding hydrogens is 376 g/mol. The molecule has 1 aromatic heterocycles. The lowest BCUT2D eigenvalue weighted by molar-refractivity contribution is -0.115. The van der Waals surface area contributed by atoms with Crippen molar-refractivity contribution >= 4 is 51.4 Å². The predicted octanol–water partition coefficient (Wildman–Crippen LogP) is 4.55. The highest BCUT2D eigenvalue weighted by molar-refractivity contribution is 8.02. The number of benzene rings is 2. The highest BCUT2D eigenvalue weighted by atomic mass is 35.5. The third-order valence-electron chi connectivity index (χ3n) is 3.42. The van der Waals surface area contributed by atoms with Gasteiger partial charge in [-0.15, -0.1) is 10.2 Å². The molecule has 128 valence electrons. The van der Waals surface area contributed by atoms with Gasteiger partial charge in [0.25, 0.3) is 0 Å². The summed E-state index contributed by atoms with van der Waals surface area (Å²) < 4.78 is 0.642. The molecule has 1 heterocycles. The largest absolute Gasteiger partial charge is 0.374 e. The van der Waals surface area contributed by atoms with Gasteiger partial charge >= 0.3 is 0 Å². The third-order valence-corrected chi connectivity index (χ3v) is 5.92. The molecule has 8 heteroatoms. The van der Waals surface area contributed by atoms with Crippen molar-refractivity contribution in [2.45, 2.75) is 16.5 Å². The topological polar surface area (TPSA) is 80.9 Å². The summed E-state index contributed by atoms with van der Waals surface area (Å²) in [6.45, 7) is 1.91. The number of carbonyl (C=O) groups excluding carboxylic acids is 1. The first kappa shape index (κ1) is 17.7. The minimum atomic E-state index is -0.478. The van der Waals surface area contributed by atoms with Crippen molar-refractivity contribution < 1.29 is 4.79 Å². The number of nitrogen functional groups attached to an aromatic ring is 1. The van der Waals surface area contributed by atoms with E-state index >= 15 is 0 Å². The summed E-state index contributed by atoms with van der Waals surface area (Å²) >= 11 is 8.71. The molecule has 0 aliphatic carbocycles. The van der Waals surface area contributed by atoms with Gasteiger partial charge < -0.3 is 11.1 Å². The van der Waals surface area contributed by atoms with Crippen LogP contribution in [0.2, 0.25) is 5.02 Å². The second-order valence-corrected chi connectivity index (χ2v) is 8.04. The van der Waals surface area contributed by atoms with Crippen molar-refractivity contribution in [2.75, 3.05) is 11.1 Å². The number of rotatable bonds is 5. The van der Waals surface area contributed by atoms with Crippen molar-refractivity contribution in [1.29, 1.82) is 0 Å². The smallest absolute Gasteiger partial charge is 0.242 e. The van der Waals surface area contributed by atoms with Crippen LogP contribution < -0.4 is 11.1 Å². The molecule has 0 bridgehead atoms. The van der Waals surface area contributed by atoms with Crippen LogP contribution >= 0.6 is 34.7 Å². The molecule has 5 nitrogen and oxygen atoms in total. The quantitative estimate of drug-likeness (QED) is 0.624. The standard InChI is InChI=1S/C17H15ClN4OS2/c1-10-7-8-12(9-13(10)18)20-15(23)14(11-5-3-2-4-6-11)24-17-22-21-16(19)25-17/h2-9,14H,1H3,(H2,19,21)(H,20,23). The number of hydrogen-bond acceptors (Lipinski definition) is 6. The van der Waals surface area contributed by atoms with E-state index in [9.17, 15) is 4.79 Å². The molecular formula is C17H15ClN4OS2. The van der Waals surface area contributed by atoms with Gasteiger partial charge in [0.2, 0.25) is 11.0 Å². The second kappa shape index (κ2) is 7.86. The van der Waals surface area contributed by atoms with Crippen molar-refractivity contribution in [3.8, 4) is 0 Å². The summed E-state index contributed by atoms with van der Waals surface area (Å²) in [5, 5.41) is 11.2. The first-order chi connectivity index (χ1) is 12.0. The number of amides is 1. The van der Waals surface area contributed by atoms with Crippen LogP contribution in [0.1, 0.15) is 16.4 Å². The molecule has 0 aliphatic rings. The fourth-order valence-electron chi connectivity index (χ4n) is 2.15. The van der Waals surface area contributed by atoms with Gasteiger partial charge in [-0.25, -0.2) is 0 Å². The summed E-state index contributed by atoms with van der Waals surface area (Å²) in [6.07, 6.45) is 0.